The van der Waals surface area contributed by atoms with Crippen molar-refractivity contribution in [1.29, 1.82) is 0 Å². The Hall–Kier alpha value is -2.09. The topological polar surface area (TPSA) is 86.8 Å². The highest BCUT2D eigenvalue weighted by Gasteiger charge is 2.36. The van der Waals surface area contributed by atoms with Crippen LogP contribution in [0.3, 0.4) is 0 Å². The average molecular weight is 406 g/mol. The van der Waals surface area contributed by atoms with Gasteiger partial charge in [0.25, 0.3) is 0 Å². The largest absolute Gasteiger partial charge is 0.339 e. The van der Waals surface area contributed by atoms with Crippen molar-refractivity contribution in [3.63, 3.8) is 0 Å². The van der Waals surface area contributed by atoms with E-state index < -0.39 is 15.8 Å². The Bertz CT molecular complexity index is 875. The molecule has 1 aromatic rings. The maximum Gasteiger partial charge on any atom is 0.321 e. The van der Waals surface area contributed by atoms with E-state index in [1.807, 2.05) is 12.1 Å². The normalized spacial score (nSPS) is 23.9. The third-order valence-corrected chi connectivity index (χ3v) is 7.87. The monoisotopic (exact) mass is 405 g/mol. The Kier molecular flexibility index (Phi) is 5.31. The van der Waals surface area contributed by atoms with Gasteiger partial charge in [0.05, 0.1) is 17.4 Å². The molecule has 1 aliphatic carbocycles. The molecule has 0 radical (unpaired) electrons. The number of nitrogens with one attached hydrogen (secondary N) is 1. The number of aryl methyl sites for hydroxylation is 1. The van der Waals surface area contributed by atoms with Crippen LogP contribution in [-0.2, 0) is 27.5 Å². The Balaban J connectivity index is 1.33. The van der Waals surface area contributed by atoms with E-state index in [-0.39, 0.29) is 23.4 Å². The Labute approximate surface area is 166 Å². The van der Waals surface area contributed by atoms with Crippen molar-refractivity contribution in [3.05, 3.63) is 29.3 Å². The SMILES string of the molecule is O=C(Nc1cccc2c1CCCC2)N1CCN(C(=O)[C@H]2CCS(=O)(=O)C2)CC1. The van der Waals surface area contributed by atoms with Gasteiger partial charge in [-0.3, -0.25) is 4.79 Å². The predicted molar refractivity (Wildman–Crippen MR) is 107 cm³/mol. The molecule has 2 aliphatic heterocycles. The van der Waals surface area contributed by atoms with Crippen LogP contribution in [0.2, 0.25) is 0 Å². The summed E-state index contributed by atoms with van der Waals surface area (Å²) in [5.41, 5.74) is 3.47. The number of benzene rings is 1. The quantitative estimate of drug-likeness (QED) is 0.811. The van der Waals surface area contributed by atoms with E-state index in [9.17, 15) is 18.0 Å². The molecule has 2 heterocycles. The Morgan fingerprint density at radius 2 is 1.71 bits per heavy atom. The van der Waals surface area contributed by atoms with Crippen molar-refractivity contribution >= 4 is 27.5 Å². The first-order chi connectivity index (χ1) is 13.4. The molecular weight excluding hydrogens is 378 g/mol. The minimum atomic E-state index is -3.07. The van der Waals surface area contributed by atoms with Gasteiger partial charge >= 0.3 is 6.03 Å². The number of sulfone groups is 1. The highest BCUT2D eigenvalue weighted by Crippen LogP contribution is 2.28. The highest BCUT2D eigenvalue weighted by atomic mass is 32.2. The van der Waals surface area contributed by atoms with Crippen LogP contribution in [0.1, 0.15) is 30.4 Å². The molecule has 3 aliphatic rings. The molecule has 8 heteroatoms. The minimum absolute atomic E-state index is 0.0361. The molecule has 0 saturated carbocycles. The van der Waals surface area contributed by atoms with E-state index in [0.29, 0.717) is 32.6 Å². The molecule has 2 fully saturated rings. The summed E-state index contributed by atoms with van der Waals surface area (Å²) >= 11 is 0. The fourth-order valence-electron chi connectivity index (χ4n) is 4.47. The van der Waals surface area contributed by atoms with E-state index in [0.717, 1.165) is 24.9 Å². The molecule has 4 rings (SSSR count). The molecule has 0 spiro atoms. The van der Waals surface area contributed by atoms with Gasteiger partial charge in [0.2, 0.25) is 5.91 Å². The standard InChI is InChI=1S/C20H27N3O4S/c24-19(16-8-13-28(26,27)14-16)22-9-11-23(12-10-22)20(25)21-18-7-3-5-15-4-1-2-6-17(15)18/h3,5,7,16H,1-2,4,6,8-14H2,(H,21,25)/t16-/m0/s1. The first kappa shape index (κ1) is 19.2. The second kappa shape index (κ2) is 7.73. The second-order valence-electron chi connectivity index (χ2n) is 7.99. The number of urea groups is 1. The summed E-state index contributed by atoms with van der Waals surface area (Å²) in [6.45, 7) is 1.84. The number of rotatable bonds is 2. The zero-order valence-electron chi connectivity index (χ0n) is 16.0. The number of fused-ring (bicyclic) bond motifs is 1. The van der Waals surface area contributed by atoms with Crippen LogP contribution in [0.25, 0.3) is 0 Å². The average Bonchev–Trinajstić information content (AvgIpc) is 3.07. The van der Waals surface area contributed by atoms with E-state index in [2.05, 4.69) is 11.4 Å². The highest BCUT2D eigenvalue weighted by molar-refractivity contribution is 7.91. The van der Waals surface area contributed by atoms with Crippen molar-refractivity contribution in [2.24, 2.45) is 5.92 Å². The van der Waals surface area contributed by atoms with Gasteiger partial charge in [-0.15, -0.1) is 0 Å². The van der Waals surface area contributed by atoms with Crippen molar-refractivity contribution in [3.8, 4) is 0 Å². The molecule has 1 atom stereocenters. The van der Waals surface area contributed by atoms with Crippen LogP contribution in [-0.4, -0.2) is 67.8 Å². The Morgan fingerprint density at radius 3 is 2.43 bits per heavy atom. The number of carbonyl (C=O) groups excluding carboxylic acids is 2. The molecule has 7 nitrogen and oxygen atoms in total. The minimum Gasteiger partial charge on any atom is -0.339 e. The van der Waals surface area contributed by atoms with Gasteiger partial charge in [0, 0.05) is 31.9 Å². The molecule has 1 aromatic carbocycles. The zero-order valence-corrected chi connectivity index (χ0v) is 16.8. The van der Waals surface area contributed by atoms with Gasteiger partial charge in [-0.05, 0) is 49.3 Å². The van der Waals surface area contributed by atoms with E-state index in [1.54, 1.807) is 9.80 Å². The number of amides is 3. The van der Waals surface area contributed by atoms with Crippen LogP contribution in [0.15, 0.2) is 18.2 Å². The fraction of sp³-hybridized carbons (Fsp3) is 0.600. The number of hydrogen-bond acceptors (Lipinski definition) is 4. The number of nitrogens with zero attached hydrogens (tertiary/aromatic N) is 2. The lowest BCUT2D eigenvalue weighted by molar-refractivity contribution is -0.136. The molecule has 3 amide bonds. The lowest BCUT2D eigenvalue weighted by atomic mass is 9.90. The smallest absolute Gasteiger partial charge is 0.321 e. The van der Waals surface area contributed by atoms with Crippen LogP contribution in [0.4, 0.5) is 10.5 Å². The van der Waals surface area contributed by atoms with E-state index in [4.69, 9.17) is 0 Å². The number of hydrogen-bond donors (Lipinski definition) is 1. The summed E-state index contributed by atoms with van der Waals surface area (Å²) in [4.78, 5) is 28.7. The second-order valence-corrected chi connectivity index (χ2v) is 10.2. The summed E-state index contributed by atoms with van der Waals surface area (Å²) in [6.07, 6.45) is 4.83. The molecule has 0 aromatic heterocycles. The molecule has 152 valence electrons. The van der Waals surface area contributed by atoms with Crippen molar-refractivity contribution in [2.75, 3.05) is 43.0 Å². The number of piperazine rings is 1. The zero-order chi connectivity index (χ0) is 19.7. The van der Waals surface area contributed by atoms with Crippen LogP contribution in [0.5, 0.6) is 0 Å². The maximum atomic E-state index is 12.7. The molecule has 1 N–H and O–H groups in total. The maximum absolute atomic E-state index is 12.7. The predicted octanol–water partition coefficient (Wildman–Crippen LogP) is 1.68. The fourth-order valence-corrected chi connectivity index (χ4v) is 6.20. The molecule has 0 bridgehead atoms. The third kappa shape index (κ3) is 4.01. The first-order valence-electron chi connectivity index (χ1n) is 10.1. The van der Waals surface area contributed by atoms with Gasteiger partial charge in [-0.25, -0.2) is 13.2 Å². The third-order valence-electron chi connectivity index (χ3n) is 6.10. The van der Waals surface area contributed by atoms with Crippen LogP contribution >= 0.6 is 0 Å². The van der Waals surface area contributed by atoms with Crippen LogP contribution in [0, 0.1) is 5.92 Å². The summed E-state index contributed by atoms with van der Waals surface area (Å²) < 4.78 is 23.2. The van der Waals surface area contributed by atoms with E-state index >= 15 is 0 Å². The van der Waals surface area contributed by atoms with Gasteiger partial charge < -0.3 is 15.1 Å². The van der Waals surface area contributed by atoms with Gasteiger partial charge in [-0.2, -0.15) is 0 Å². The first-order valence-corrected chi connectivity index (χ1v) is 11.9. The van der Waals surface area contributed by atoms with Crippen molar-refractivity contribution in [1.82, 2.24) is 9.80 Å². The summed E-state index contributed by atoms with van der Waals surface area (Å²) in [5, 5.41) is 3.05. The van der Waals surface area contributed by atoms with Gasteiger partial charge in [0.15, 0.2) is 9.84 Å². The number of carbonyl (C=O) groups is 2. The van der Waals surface area contributed by atoms with E-state index in [1.165, 1.54) is 17.5 Å². The summed E-state index contributed by atoms with van der Waals surface area (Å²) in [5.74, 6) is -0.432. The molecular formula is C20H27N3O4S. The molecule has 0 unspecified atom stereocenters. The lowest BCUT2D eigenvalue weighted by Gasteiger charge is -2.36. The van der Waals surface area contributed by atoms with Gasteiger partial charge in [-0.1, -0.05) is 12.1 Å². The van der Waals surface area contributed by atoms with Crippen molar-refractivity contribution in [2.45, 2.75) is 32.1 Å². The van der Waals surface area contributed by atoms with Gasteiger partial charge in [0.1, 0.15) is 0 Å². The number of anilines is 1. The summed E-state index contributed by atoms with van der Waals surface area (Å²) in [7, 11) is -3.07. The lowest BCUT2D eigenvalue weighted by Crippen LogP contribution is -2.53. The van der Waals surface area contributed by atoms with Crippen LogP contribution < -0.4 is 5.32 Å². The van der Waals surface area contributed by atoms with Crippen molar-refractivity contribution < 1.29 is 18.0 Å². The molecule has 28 heavy (non-hydrogen) atoms. The summed E-state index contributed by atoms with van der Waals surface area (Å²) in [6, 6.07) is 5.96. The molecule has 2 saturated heterocycles. The Morgan fingerprint density at radius 1 is 1.00 bits per heavy atom.